The molecule has 12 heteroatoms. The monoisotopic (exact) mass is 526 g/mol. The van der Waals surface area contributed by atoms with Gasteiger partial charge in [-0.15, -0.1) is 0 Å². The van der Waals surface area contributed by atoms with E-state index in [0.29, 0.717) is 12.1 Å². The predicted octanol–water partition coefficient (Wildman–Crippen LogP) is 5.58. The normalized spacial score (nSPS) is 22.7. The van der Waals surface area contributed by atoms with Crippen LogP contribution in [0.5, 0.6) is 0 Å². The van der Waals surface area contributed by atoms with E-state index in [-0.39, 0.29) is 31.5 Å². The van der Waals surface area contributed by atoms with Crippen LogP contribution < -0.4 is 0 Å². The molecule has 0 unspecified atom stereocenters. The number of ether oxygens (including phenoxy) is 2. The zero-order valence-corrected chi connectivity index (χ0v) is 19.6. The summed E-state index contributed by atoms with van der Waals surface area (Å²) in [6.07, 6.45) is -11.0. The molecule has 4 atom stereocenters. The van der Waals surface area contributed by atoms with Crippen molar-refractivity contribution in [1.82, 2.24) is 0 Å². The number of alkyl halides is 6. The van der Waals surface area contributed by atoms with Crippen molar-refractivity contribution in [2.45, 2.75) is 37.4 Å². The number of benzene rings is 2. The van der Waals surface area contributed by atoms with Crippen molar-refractivity contribution in [2.24, 2.45) is 5.92 Å². The first-order valence-electron chi connectivity index (χ1n) is 10.6. The van der Waals surface area contributed by atoms with Gasteiger partial charge in [-0.2, -0.15) is 34.8 Å². The van der Waals surface area contributed by atoms with Crippen molar-refractivity contribution in [2.75, 3.05) is 26.1 Å². The Balaban J connectivity index is 1.93. The molecule has 5 nitrogen and oxygen atoms in total. The molecule has 0 aliphatic carbocycles. The number of hydrogen-bond acceptors (Lipinski definition) is 5. The topological polar surface area (TPSA) is 61.8 Å². The average molecular weight is 526 g/mol. The number of rotatable bonds is 7. The minimum Gasteiger partial charge on any atom is -0.378 e. The number of halogens is 6. The van der Waals surface area contributed by atoms with Gasteiger partial charge < -0.3 is 9.47 Å². The average Bonchev–Trinajstić information content (AvgIpc) is 2.76. The fourth-order valence-electron chi connectivity index (χ4n) is 4.05. The molecule has 3 rings (SSSR count). The van der Waals surface area contributed by atoms with Crippen LogP contribution in [-0.4, -0.2) is 40.6 Å². The van der Waals surface area contributed by atoms with Crippen LogP contribution in [0.2, 0.25) is 0 Å². The quantitative estimate of drug-likeness (QED) is 0.349. The summed E-state index contributed by atoms with van der Waals surface area (Å²) in [7, 11) is -3.76. The SMILES string of the molecule is C[C@@H](O[C@H]1COC[C@@H](COS(C)(=O)=O)[C@@H]1c1ccccc1)c1cc(C(F)(F)F)cc(C(F)(F)F)c1. The summed E-state index contributed by atoms with van der Waals surface area (Å²) in [4.78, 5) is 0. The van der Waals surface area contributed by atoms with Gasteiger partial charge in [0.2, 0.25) is 0 Å². The second-order valence-corrected chi connectivity index (χ2v) is 10.0. The van der Waals surface area contributed by atoms with E-state index in [1.807, 2.05) is 0 Å². The van der Waals surface area contributed by atoms with Gasteiger partial charge >= 0.3 is 12.4 Å². The molecule has 0 aromatic heterocycles. The molecule has 194 valence electrons. The van der Waals surface area contributed by atoms with Gasteiger partial charge in [0.25, 0.3) is 10.1 Å². The van der Waals surface area contributed by atoms with E-state index >= 15 is 0 Å². The van der Waals surface area contributed by atoms with Crippen LogP contribution in [0.1, 0.15) is 41.2 Å². The summed E-state index contributed by atoms with van der Waals surface area (Å²) < 4.78 is 119. The second kappa shape index (κ2) is 10.5. The molecule has 0 radical (unpaired) electrons. The highest BCUT2D eigenvalue weighted by Gasteiger charge is 2.40. The third kappa shape index (κ3) is 7.42. The lowest BCUT2D eigenvalue weighted by Crippen LogP contribution is -2.42. The Hall–Kier alpha value is -2.15. The smallest absolute Gasteiger partial charge is 0.378 e. The zero-order chi connectivity index (χ0) is 26.0. The fraction of sp³-hybridized carbons (Fsp3) is 0.478. The van der Waals surface area contributed by atoms with Gasteiger partial charge in [0.05, 0.1) is 49.4 Å². The Morgan fingerprint density at radius 1 is 0.971 bits per heavy atom. The van der Waals surface area contributed by atoms with Crippen LogP contribution in [0.25, 0.3) is 0 Å². The Morgan fingerprint density at radius 2 is 1.54 bits per heavy atom. The van der Waals surface area contributed by atoms with E-state index in [1.54, 1.807) is 30.3 Å². The molecule has 0 spiro atoms. The Kier molecular flexibility index (Phi) is 8.19. The van der Waals surface area contributed by atoms with E-state index < -0.39 is 57.6 Å². The summed E-state index contributed by atoms with van der Waals surface area (Å²) in [5.41, 5.74) is -2.42. The summed E-state index contributed by atoms with van der Waals surface area (Å²) in [6.45, 7) is 1.26. The van der Waals surface area contributed by atoms with Gasteiger partial charge in [0.15, 0.2) is 0 Å². The maximum Gasteiger partial charge on any atom is 0.416 e. The molecule has 0 saturated carbocycles. The van der Waals surface area contributed by atoms with Crippen molar-refractivity contribution in [3.8, 4) is 0 Å². The van der Waals surface area contributed by atoms with Crippen LogP contribution in [0.3, 0.4) is 0 Å². The molecule has 1 heterocycles. The Morgan fingerprint density at radius 3 is 2.06 bits per heavy atom. The van der Waals surface area contributed by atoms with Gasteiger partial charge in [0.1, 0.15) is 0 Å². The summed E-state index contributed by atoms with van der Waals surface area (Å²) >= 11 is 0. The van der Waals surface area contributed by atoms with Gasteiger partial charge in [-0.1, -0.05) is 30.3 Å². The van der Waals surface area contributed by atoms with E-state index in [0.717, 1.165) is 11.8 Å². The lowest BCUT2D eigenvalue weighted by molar-refractivity contribution is -0.143. The lowest BCUT2D eigenvalue weighted by Gasteiger charge is -2.39. The van der Waals surface area contributed by atoms with E-state index in [2.05, 4.69) is 0 Å². The van der Waals surface area contributed by atoms with Crippen molar-refractivity contribution in [1.29, 1.82) is 0 Å². The molecule has 1 saturated heterocycles. The molecule has 1 fully saturated rings. The van der Waals surface area contributed by atoms with E-state index in [9.17, 15) is 34.8 Å². The zero-order valence-electron chi connectivity index (χ0n) is 18.8. The molecule has 0 N–H and O–H groups in total. The summed E-state index contributed by atoms with van der Waals surface area (Å²) in [5.74, 6) is -0.979. The van der Waals surface area contributed by atoms with Crippen LogP contribution in [0, 0.1) is 5.92 Å². The highest BCUT2D eigenvalue weighted by Crippen LogP contribution is 2.40. The maximum absolute atomic E-state index is 13.3. The van der Waals surface area contributed by atoms with Crippen LogP contribution >= 0.6 is 0 Å². The van der Waals surface area contributed by atoms with Gasteiger partial charge in [-0.05, 0) is 36.2 Å². The van der Waals surface area contributed by atoms with Gasteiger partial charge in [-0.3, -0.25) is 4.18 Å². The van der Waals surface area contributed by atoms with Crippen molar-refractivity contribution < 1.29 is 48.4 Å². The number of hydrogen-bond donors (Lipinski definition) is 0. The molecule has 2 aromatic rings. The third-order valence-electron chi connectivity index (χ3n) is 5.66. The minimum absolute atomic E-state index is 0.00433. The van der Waals surface area contributed by atoms with Gasteiger partial charge in [-0.25, -0.2) is 0 Å². The molecular formula is C23H24F6O5S. The van der Waals surface area contributed by atoms with Crippen molar-refractivity contribution in [3.05, 3.63) is 70.8 Å². The van der Waals surface area contributed by atoms with Gasteiger partial charge in [0, 0.05) is 11.8 Å². The molecule has 1 aliphatic rings. The third-order valence-corrected chi connectivity index (χ3v) is 6.23. The lowest BCUT2D eigenvalue weighted by atomic mass is 9.81. The molecule has 0 amide bonds. The van der Waals surface area contributed by atoms with Crippen molar-refractivity contribution in [3.63, 3.8) is 0 Å². The van der Waals surface area contributed by atoms with Crippen LogP contribution in [0.4, 0.5) is 26.3 Å². The largest absolute Gasteiger partial charge is 0.416 e. The molecule has 0 bridgehead atoms. The fourth-order valence-corrected chi connectivity index (χ4v) is 4.47. The predicted molar refractivity (Wildman–Crippen MR) is 114 cm³/mol. The molecule has 1 aliphatic heterocycles. The van der Waals surface area contributed by atoms with E-state index in [4.69, 9.17) is 13.7 Å². The summed E-state index contributed by atoms with van der Waals surface area (Å²) in [5, 5.41) is 0. The first-order valence-corrected chi connectivity index (χ1v) is 12.4. The first-order chi connectivity index (χ1) is 16.1. The molecule has 2 aromatic carbocycles. The highest BCUT2D eigenvalue weighted by molar-refractivity contribution is 7.85. The maximum atomic E-state index is 13.3. The second-order valence-electron chi connectivity index (χ2n) is 8.38. The Labute approximate surface area is 199 Å². The van der Waals surface area contributed by atoms with E-state index in [1.165, 1.54) is 6.92 Å². The molecular weight excluding hydrogens is 502 g/mol. The van der Waals surface area contributed by atoms with Crippen molar-refractivity contribution >= 4 is 10.1 Å². The van der Waals surface area contributed by atoms with Crippen LogP contribution in [0.15, 0.2) is 48.5 Å². The molecule has 35 heavy (non-hydrogen) atoms. The minimum atomic E-state index is -4.98. The Bertz CT molecular complexity index is 1070. The first kappa shape index (κ1) is 27.4. The van der Waals surface area contributed by atoms with Crippen LogP contribution in [-0.2, 0) is 36.1 Å². The standard InChI is InChI=1S/C23H24F6O5S/c1-14(16-8-18(22(24,25)26)10-19(9-16)23(27,28)29)34-20-13-32-11-17(12-33-35(2,30)31)21(20)15-6-4-3-5-7-15/h3-10,14,17,20-21H,11-13H2,1-2H3/t14-,17+,20+,21+/m1/s1. The highest BCUT2D eigenvalue weighted by atomic mass is 32.2. The summed E-state index contributed by atoms with van der Waals surface area (Å²) in [6, 6.07) is 10.1.